The SMILES string of the molecule is CC1(C)CC(NS(=O)(=O)CCCCCl)CC(C)(C)C1. The van der Waals surface area contributed by atoms with E-state index in [9.17, 15) is 8.42 Å². The van der Waals surface area contributed by atoms with Crippen molar-refractivity contribution in [1.29, 1.82) is 0 Å². The lowest BCUT2D eigenvalue weighted by Crippen LogP contribution is -2.46. The van der Waals surface area contributed by atoms with Crippen molar-refractivity contribution in [1.82, 2.24) is 4.72 Å². The monoisotopic (exact) mass is 309 g/mol. The highest BCUT2D eigenvalue weighted by Crippen LogP contribution is 2.45. The van der Waals surface area contributed by atoms with E-state index < -0.39 is 10.0 Å². The molecule has 0 heterocycles. The molecule has 3 nitrogen and oxygen atoms in total. The molecule has 5 heteroatoms. The number of halogens is 1. The summed E-state index contributed by atoms with van der Waals surface area (Å²) in [4.78, 5) is 0. The van der Waals surface area contributed by atoms with Crippen LogP contribution in [0.2, 0.25) is 0 Å². The molecule has 114 valence electrons. The fraction of sp³-hybridized carbons (Fsp3) is 1.00. The third-order valence-electron chi connectivity index (χ3n) is 3.70. The van der Waals surface area contributed by atoms with Crippen molar-refractivity contribution in [2.24, 2.45) is 10.8 Å². The Morgan fingerprint density at radius 3 is 2.11 bits per heavy atom. The summed E-state index contributed by atoms with van der Waals surface area (Å²) in [6, 6.07) is 0.0692. The lowest BCUT2D eigenvalue weighted by atomic mass is 9.64. The number of hydrogen-bond donors (Lipinski definition) is 1. The van der Waals surface area contributed by atoms with Crippen molar-refractivity contribution < 1.29 is 8.42 Å². The maximum Gasteiger partial charge on any atom is 0.211 e. The highest BCUT2D eigenvalue weighted by molar-refractivity contribution is 7.89. The number of rotatable bonds is 6. The Labute approximate surface area is 123 Å². The molecule has 0 spiro atoms. The minimum atomic E-state index is -3.16. The van der Waals surface area contributed by atoms with Gasteiger partial charge in [-0.1, -0.05) is 27.7 Å². The average Bonchev–Trinajstić information content (AvgIpc) is 2.10. The molecule has 0 aromatic carbocycles. The van der Waals surface area contributed by atoms with Crippen LogP contribution >= 0.6 is 11.6 Å². The van der Waals surface area contributed by atoms with Crippen LogP contribution in [0, 0.1) is 10.8 Å². The van der Waals surface area contributed by atoms with Gasteiger partial charge in [0.15, 0.2) is 0 Å². The molecule has 1 aliphatic rings. The lowest BCUT2D eigenvalue weighted by molar-refractivity contribution is 0.0934. The summed E-state index contributed by atoms with van der Waals surface area (Å²) < 4.78 is 27.0. The van der Waals surface area contributed by atoms with Crippen molar-refractivity contribution in [2.45, 2.75) is 65.8 Å². The zero-order valence-electron chi connectivity index (χ0n) is 12.6. The van der Waals surface area contributed by atoms with Crippen LogP contribution in [0.15, 0.2) is 0 Å². The van der Waals surface area contributed by atoms with Crippen LogP contribution in [0.25, 0.3) is 0 Å². The molecule has 1 rings (SSSR count). The van der Waals surface area contributed by atoms with Crippen molar-refractivity contribution in [2.75, 3.05) is 11.6 Å². The van der Waals surface area contributed by atoms with Gasteiger partial charge in [0.1, 0.15) is 0 Å². The lowest BCUT2D eigenvalue weighted by Gasteiger charge is -2.45. The molecule has 19 heavy (non-hydrogen) atoms. The Morgan fingerprint density at radius 2 is 1.63 bits per heavy atom. The van der Waals surface area contributed by atoms with Gasteiger partial charge in [-0.3, -0.25) is 0 Å². The molecule has 1 fully saturated rings. The van der Waals surface area contributed by atoms with Crippen LogP contribution in [-0.4, -0.2) is 26.1 Å². The predicted octanol–water partition coefficient (Wildman–Crippen LogP) is 3.53. The van der Waals surface area contributed by atoms with Gasteiger partial charge in [-0.05, 0) is 42.9 Å². The molecular weight excluding hydrogens is 282 g/mol. The van der Waals surface area contributed by atoms with Gasteiger partial charge >= 0.3 is 0 Å². The first kappa shape index (κ1) is 17.3. The summed E-state index contributed by atoms with van der Waals surface area (Å²) in [6.07, 6.45) is 4.38. The Kier molecular flexibility index (Phi) is 5.73. The average molecular weight is 310 g/mol. The van der Waals surface area contributed by atoms with Gasteiger partial charge in [0.2, 0.25) is 10.0 Å². The molecule has 0 aromatic heterocycles. The number of alkyl halides is 1. The van der Waals surface area contributed by atoms with E-state index >= 15 is 0 Å². The van der Waals surface area contributed by atoms with Gasteiger partial charge < -0.3 is 0 Å². The van der Waals surface area contributed by atoms with Crippen LogP contribution in [0.1, 0.15) is 59.8 Å². The Bertz CT molecular complexity index is 374. The van der Waals surface area contributed by atoms with Gasteiger partial charge in [0.05, 0.1) is 5.75 Å². The zero-order valence-corrected chi connectivity index (χ0v) is 14.2. The molecule has 1 saturated carbocycles. The molecule has 0 aromatic rings. The summed E-state index contributed by atoms with van der Waals surface area (Å²) in [5, 5.41) is 0. The van der Waals surface area contributed by atoms with E-state index in [0.29, 0.717) is 12.3 Å². The van der Waals surface area contributed by atoms with Crippen molar-refractivity contribution in [3.8, 4) is 0 Å². The number of hydrogen-bond acceptors (Lipinski definition) is 2. The maximum atomic E-state index is 12.0. The molecule has 0 saturated heterocycles. The smallest absolute Gasteiger partial charge is 0.211 e. The molecule has 0 unspecified atom stereocenters. The molecule has 1 N–H and O–H groups in total. The summed E-state index contributed by atoms with van der Waals surface area (Å²) >= 11 is 5.58. The second kappa shape index (κ2) is 6.31. The molecule has 0 amide bonds. The van der Waals surface area contributed by atoms with Gasteiger partial charge in [-0.25, -0.2) is 13.1 Å². The topological polar surface area (TPSA) is 46.2 Å². The van der Waals surface area contributed by atoms with Gasteiger partial charge in [-0.2, -0.15) is 0 Å². The van der Waals surface area contributed by atoms with Gasteiger partial charge in [-0.15, -0.1) is 11.6 Å². The van der Waals surface area contributed by atoms with E-state index in [-0.39, 0.29) is 22.6 Å². The van der Waals surface area contributed by atoms with Crippen molar-refractivity contribution in [3.05, 3.63) is 0 Å². The van der Waals surface area contributed by atoms with Crippen LogP contribution in [0.4, 0.5) is 0 Å². The van der Waals surface area contributed by atoms with E-state index in [1.54, 1.807) is 0 Å². The summed E-state index contributed by atoms with van der Waals surface area (Å²) in [6.45, 7) is 8.90. The van der Waals surface area contributed by atoms with Gasteiger partial charge in [0.25, 0.3) is 0 Å². The molecule has 0 aliphatic heterocycles. The Hall–Kier alpha value is 0.200. The minimum absolute atomic E-state index is 0.0692. The molecule has 0 bridgehead atoms. The first-order chi connectivity index (χ1) is 8.55. The van der Waals surface area contributed by atoms with Crippen LogP contribution in [0.5, 0.6) is 0 Å². The van der Waals surface area contributed by atoms with Crippen LogP contribution in [-0.2, 0) is 10.0 Å². The Balaban J connectivity index is 2.60. The third kappa shape index (κ3) is 6.46. The van der Waals surface area contributed by atoms with E-state index in [1.165, 1.54) is 0 Å². The quantitative estimate of drug-likeness (QED) is 0.602. The van der Waals surface area contributed by atoms with Crippen molar-refractivity contribution >= 4 is 21.6 Å². The van der Waals surface area contributed by atoms with E-state index in [4.69, 9.17) is 11.6 Å². The van der Waals surface area contributed by atoms with Gasteiger partial charge in [0, 0.05) is 11.9 Å². The molecular formula is C14H28ClNO2S. The van der Waals surface area contributed by atoms with E-state index in [2.05, 4.69) is 32.4 Å². The van der Waals surface area contributed by atoms with E-state index in [1.807, 2.05) is 0 Å². The second-order valence-corrected chi connectivity index (χ2v) is 9.69. The van der Waals surface area contributed by atoms with Crippen LogP contribution < -0.4 is 4.72 Å². The molecule has 0 radical (unpaired) electrons. The highest BCUT2D eigenvalue weighted by Gasteiger charge is 2.39. The largest absolute Gasteiger partial charge is 0.212 e. The normalized spacial score (nSPS) is 23.4. The molecule has 0 atom stereocenters. The first-order valence-corrected chi connectivity index (χ1v) is 9.30. The second-order valence-electron chi connectivity index (χ2n) is 7.44. The van der Waals surface area contributed by atoms with Crippen LogP contribution in [0.3, 0.4) is 0 Å². The fourth-order valence-electron chi connectivity index (χ4n) is 3.63. The predicted molar refractivity (Wildman–Crippen MR) is 82.1 cm³/mol. The summed E-state index contributed by atoms with van der Waals surface area (Å²) in [7, 11) is -3.16. The van der Waals surface area contributed by atoms with Crippen molar-refractivity contribution in [3.63, 3.8) is 0 Å². The summed E-state index contributed by atoms with van der Waals surface area (Å²) in [5.41, 5.74) is 0.399. The third-order valence-corrected chi connectivity index (χ3v) is 5.48. The Morgan fingerprint density at radius 1 is 1.11 bits per heavy atom. The summed E-state index contributed by atoms with van der Waals surface area (Å²) in [5.74, 6) is 0.718. The first-order valence-electron chi connectivity index (χ1n) is 7.11. The maximum absolute atomic E-state index is 12.0. The number of unbranched alkanes of at least 4 members (excludes halogenated alkanes) is 1. The number of nitrogens with one attached hydrogen (secondary N) is 1. The molecule has 1 aliphatic carbocycles. The fourth-order valence-corrected chi connectivity index (χ4v) is 5.19. The standard InChI is InChI=1S/C14H28ClNO2S/c1-13(2)9-12(10-14(3,4)11-13)16-19(17,18)8-6-5-7-15/h12,16H,5-11H2,1-4H3. The van der Waals surface area contributed by atoms with E-state index in [0.717, 1.165) is 25.7 Å². The number of sulfonamides is 1. The highest BCUT2D eigenvalue weighted by atomic mass is 35.5. The minimum Gasteiger partial charge on any atom is -0.212 e. The zero-order chi connectivity index (χ0) is 14.7.